The quantitative estimate of drug-likeness (QED) is 0.799. The zero-order chi connectivity index (χ0) is 14.3. The van der Waals surface area contributed by atoms with E-state index in [1.807, 2.05) is 26.8 Å². The van der Waals surface area contributed by atoms with Gasteiger partial charge in [0.15, 0.2) is 0 Å². The fourth-order valence-electron chi connectivity index (χ4n) is 1.42. The molecule has 0 atom stereocenters. The van der Waals surface area contributed by atoms with E-state index in [2.05, 4.69) is 10.6 Å². The highest BCUT2D eigenvalue weighted by Crippen LogP contribution is 2.24. The highest BCUT2D eigenvalue weighted by atomic mass is 16.5. The van der Waals surface area contributed by atoms with Crippen molar-refractivity contribution in [3.63, 3.8) is 0 Å². The Morgan fingerprint density at radius 1 is 1.21 bits per heavy atom. The molecule has 0 spiro atoms. The van der Waals surface area contributed by atoms with Gasteiger partial charge in [0.05, 0.1) is 11.8 Å². The largest absolute Gasteiger partial charge is 0.489 e. The summed E-state index contributed by atoms with van der Waals surface area (Å²) in [4.78, 5) is 23.2. The average molecular weight is 264 g/mol. The predicted octanol–water partition coefficient (Wildman–Crippen LogP) is 1.94. The number of benzene rings is 1. The second-order valence-corrected chi connectivity index (χ2v) is 4.37. The molecule has 0 saturated carbocycles. The van der Waals surface area contributed by atoms with Crippen LogP contribution in [0.2, 0.25) is 0 Å². The Hall–Kier alpha value is -2.04. The summed E-state index contributed by atoms with van der Waals surface area (Å²) in [6, 6.07) is 7.03. The third-order valence-corrected chi connectivity index (χ3v) is 2.24. The van der Waals surface area contributed by atoms with Crippen molar-refractivity contribution in [3.8, 4) is 5.75 Å². The summed E-state index contributed by atoms with van der Waals surface area (Å²) in [5.41, 5.74) is 0.493. The fourth-order valence-corrected chi connectivity index (χ4v) is 1.42. The van der Waals surface area contributed by atoms with Crippen LogP contribution in [0.4, 0.5) is 5.69 Å². The number of amides is 2. The third kappa shape index (κ3) is 4.99. The summed E-state index contributed by atoms with van der Waals surface area (Å²) in [7, 11) is 0. The molecule has 0 aromatic heterocycles. The Labute approximate surface area is 113 Å². The fraction of sp³-hybridized carbons (Fsp3) is 0.429. The van der Waals surface area contributed by atoms with Crippen molar-refractivity contribution in [1.82, 2.24) is 5.32 Å². The van der Waals surface area contributed by atoms with Gasteiger partial charge in [-0.1, -0.05) is 19.1 Å². The van der Waals surface area contributed by atoms with E-state index in [1.54, 1.807) is 18.2 Å². The summed E-state index contributed by atoms with van der Waals surface area (Å²) in [6.07, 6.45) is 0.776. The number of carbonyl (C=O) groups is 2. The van der Waals surface area contributed by atoms with Gasteiger partial charge in [0.2, 0.25) is 0 Å². The van der Waals surface area contributed by atoms with Crippen LogP contribution in [0.25, 0.3) is 0 Å². The molecule has 2 amide bonds. The Morgan fingerprint density at radius 2 is 1.89 bits per heavy atom. The van der Waals surface area contributed by atoms with Gasteiger partial charge in [-0.05, 0) is 32.4 Å². The van der Waals surface area contributed by atoms with E-state index in [4.69, 9.17) is 4.74 Å². The molecule has 0 bridgehead atoms. The zero-order valence-corrected chi connectivity index (χ0v) is 11.5. The summed E-state index contributed by atoms with van der Waals surface area (Å²) in [5.74, 6) is -0.774. The lowest BCUT2D eigenvalue weighted by atomic mass is 10.3. The number of ether oxygens (including phenoxy) is 1. The van der Waals surface area contributed by atoms with Crippen LogP contribution in [-0.4, -0.2) is 24.5 Å². The van der Waals surface area contributed by atoms with Gasteiger partial charge in [0, 0.05) is 6.54 Å². The summed E-state index contributed by atoms with van der Waals surface area (Å²) in [6.45, 7) is 6.19. The normalized spacial score (nSPS) is 10.1. The van der Waals surface area contributed by atoms with Crippen LogP contribution in [0.3, 0.4) is 0 Å². The molecule has 0 aliphatic rings. The van der Waals surface area contributed by atoms with Gasteiger partial charge in [-0.25, -0.2) is 0 Å². The van der Waals surface area contributed by atoms with Crippen LogP contribution in [0.15, 0.2) is 24.3 Å². The van der Waals surface area contributed by atoms with Gasteiger partial charge >= 0.3 is 11.8 Å². The maximum atomic E-state index is 11.7. The van der Waals surface area contributed by atoms with Crippen LogP contribution in [0.1, 0.15) is 27.2 Å². The number of hydrogen-bond donors (Lipinski definition) is 2. The van der Waals surface area contributed by atoms with E-state index < -0.39 is 11.8 Å². The third-order valence-electron chi connectivity index (χ3n) is 2.24. The zero-order valence-electron chi connectivity index (χ0n) is 11.5. The van der Waals surface area contributed by atoms with E-state index in [0.29, 0.717) is 18.0 Å². The van der Waals surface area contributed by atoms with E-state index in [9.17, 15) is 9.59 Å². The van der Waals surface area contributed by atoms with Crippen molar-refractivity contribution >= 4 is 17.5 Å². The van der Waals surface area contributed by atoms with Crippen molar-refractivity contribution in [2.45, 2.75) is 33.3 Å². The molecule has 0 heterocycles. The standard InChI is InChI=1S/C14H20N2O3/c1-4-9-15-13(17)14(18)16-11-7-5-6-8-12(11)19-10(2)3/h5-8,10H,4,9H2,1-3H3,(H,15,17)(H,16,18). The molecular weight excluding hydrogens is 244 g/mol. The Bertz CT molecular complexity index is 444. The highest BCUT2D eigenvalue weighted by Gasteiger charge is 2.15. The second-order valence-electron chi connectivity index (χ2n) is 4.37. The molecule has 19 heavy (non-hydrogen) atoms. The number of hydrogen-bond acceptors (Lipinski definition) is 3. The summed E-state index contributed by atoms with van der Waals surface area (Å²) in [5, 5.41) is 5.07. The molecule has 0 saturated heterocycles. The van der Waals surface area contributed by atoms with Crippen molar-refractivity contribution < 1.29 is 14.3 Å². The number of para-hydroxylation sites is 2. The Morgan fingerprint density at radius 3 is 2.53 bits per heavy atom. The Kier molecular flexibility index (Phi) is 5.85. The molecule has 0 radical (unpaired) electrons. The first-order valence-electron chi connectivity index (χ1n) is 6.39. The van der Waals surface area contributed by atoms with Crippen LogP contribution >= 0.6 is 0 Å². The summed E-state index contributed by atoms with van der Waals surface area (Å²) < 4.78 is 5.56. The van der Waals surface area contributed by atoms with Gasteiger partial charge < -0.3 is 15.4 Å². The molecule has 1 aromatic carbocycles. The lowest BCUT2D eigenvalue weighted by Crippen LogP contribution is -2.35. The van der Waals surface area contributed by atoms with Crippen LogP contribution < -0.4 is 15.4 Å². The maximum Gasteiger partial charge on any atom is 0.313 e. The number of anilines is 1. The van der Waals surface area contributed by atoms with Gasteiger partial charge in [0.1, 0.15) is 5.75 Å². The molecule has 104 valence electrons. The minimum absolute atomic E-state index is 0.00744. The minimum Gasteiger partial charge on any atom is -0.489 e. The molecule has 1 aromatic rings. The molecule has 5 nitrogen and oxygen atoms in total. The van der Waals surface area contributed by atoms with Gasteiger partial charge in [-0.2, -0.15) is 0 Å². The SMILES string of the molecule is CCCNC(=O)C(=O)Nc1ccccc1OC(C)C. The first kappa shape index (κ1) is 15.0. The number of nitrogens with one attached hydrogen (secondary N) is 2. The monoisotopic (exact) mass is 264 g/mol. The van der Waals surface area contributed by atoms with Crippen molar-refractivity contribution in [3.05, 3.63) is 24.3 Å². The van der Waals surface area contributed by atoms with Crippen LogP contribution in [-0.2, 0) is 9.59 Å². The minimum atomic E-state index is -0.687. The van der Waals surface area contributed by atoms with E-state index in [0.717, 1.165) is 6.42 Å². The molecule has 0 fully saturated rings. The summed E-state index contributed by atoms with van der Waals surface area (Å²) >= 11 is 0. The average Bonchev–Trinajstić information content (AvgIpc) is 2.37. The van der Waals surface area contributed by atoms with Crippen molar-refractivity contribution in [2.75, 3.05) is 11.9 Å². The van der Waals surface area contributed by atoms with Gasteiger partial charge in [0.25, 0.3) is 0 Å². The Balaban J connectivity index is 2.70. The van der Waals surface area contributed by atoms with Crippen molar-refractivity contribution in [1.29, 1.82) is 0 Å². The van der Waals surface area contributed by atoms with Gasteiger partial charge in [-0.3, -0.25) is 9.59 Å². The molecule has 0 unspecified atom stereocenters. The molecule has 2 N–H and O–H groups in total. The number of carbonyl (C=O) groups excluding carboxylic acids is 2. The van der Waals surface area contributed by atoms with E-state index in [1.165, 1.54) is 0 Å². The second kappa shape index (κ2) is 7.41. The van der Waals surface area contributed by atoms with Gasteiger partial charge in [-0.15, -0.1) is 0 Å². The van der Waals surface area contributed by atoms with E-state index >= 15 is 0 Å². The smallest absolute Gasteiger partial charge is 0.313 e. The topological polar surface area (TPSA) is 67.4 Å². The lowest BCUT2D eigenvalue weighted by molar-refractivity contribution is -0.136. The molecule has 5 heteroatoms. The van der Waals surface area contributed by atoms with Crippen molar-refractivity contribution in [2.24, 2.45) is 0 Å². The number of rotatable bonds is 5. The van der Waals surface area contributed by atoms with Crippen LogP contribution in [0.5, 0.6) is 5.75 Å². The highest BCUT2D eigenvalue weighted by molar-refractivity contribution is 6.39. The predicted molar refractivity (Wildman–Crippen MR) is 74.1 cm³/mol. The maximum absolute atomic E-state index is 11.7. The molecular formula is C14H20N2O3. The lowest BCUT2D eigenvalue weighted by Gasteiger charge is -2.14. The molecule has 0 aliphatic carbocycles. The molecule has 0 aliphatic heterocycles. The van der Waals surface area contributed by atoms with E-state index in [-0.39, 0.29) is 6.10 Å². The first-order chi connectivity index (χ1) is 9.04. The first-order valence-corrected chi connectivity index (χ1v) is 6.39. The van der Waals surface area contributed by atoms with Crippen LogP contribution in [0, 0.1) is 0 Å². The molecule has 1 rings (SSSR count).